The minimum Gasteiger partial charge on any atom is -0.379 e. The number of nitrogens with one attached hydrogen (secondary N) is 1. The molecule has 5 heteroatoms. The molecule has 4 nitrogen and oxygen atoms in total. The van der Waals surface area contributed by atoms with Gasteiger partial charge in [-0.25, -0.2) is 9.97 Å². The van der Waals surface area contributed by atoms with Crippen LogP contribution in [-0.4, -0.2) is 28.7 Å². The van der Waals surface area contributed by atoms with Crippen molar-refractivity contribution in [2.45, 2.75) is 45.1 Å². The summed E-state index contributed by atoms with van der Waals surface area (Å²) in [7, 11) is 0. The summed E-state index contributed by atoms with van der Waals surface area (Å²) >= 11 is 3.44. The molecule has 2 heterocycles. The van der Waals surface area contributed by atoms with Gasteiger partial charge in [0.1, 0.15) is 16.2 Å². The van der Waals surface area contributed by atoms with Gasteiger partial charge in [-0.15, -0.1) is 0 Å². The van der Waals surface area contributed by atoms with Gasteiger partial charge in [-0.05, 0) is 42.1 Å². The van der Waals surface area contributed by atoms with E-state index >= 15 is 0 Å². The van der Waals surface area contributed by atoms with Crippen LogP contribution in [0.15, 0.2) is 10.7 Å². The van der Waals surface area contributed by atoms with E-state index in [0.29, 0.717) is 0 Å². The summed E-state index contributed by atoms with van der Waals surface area (Å²) in [5.74, 6) is 1.77. The standard InChI is InChI=1S/C13H20BrN3O/c1-3-5-11-15-10(14)8-12(16-11)17-13(2)6-4-7-18-9-13/h8H,3-7,9H2,1-2H3,(H,15,16,17). The van der Waals surface area contributed by atoms with E-state index in [9.17, 15) is 0 Å². The molecule has 1 unspecified atom stereocenters. The summed E-state index contributed by atoms with van der Waals surface area (Å²) in [5.41, 5.74) is -0.0183. The number of halogens is 1. The zero-order valence-electron chi connectivity index (χ0n) is 11.0. The van der Waals surface area contributed by atoms with Gasteiger partial charge in [0, 0.05) is 19.1 Å². The highest BCUT2D eigenvalue weighted by Gasteiger charge is 2.27. The van der Waals surface area contributed by atoms with Gasteiger partial charge in [0.2, 0.25) is 0 Å². The van der Waals surface area contributed by atoms with Gasteiger partial charge in [0.15, 0.2) is 0 Å². The molecule has 1 fully saturated rings. The fourth-order valence-corrected chi connectivity index (χ4v) is 2.63. The molecular weight excluding hydrogens is 294 g/mol. The summed E-state index contributed by atoms with van der Waals surface area (Å²) in [6.45, 7) is 5.92. The van der Waals surface area contributed by atoms with Crippen LogP contribution in [0.2, 0.25) is 0 Å². The smallest absolute Gasteiger partial charge is 0.132 e. The van der Waals surface area contributed by atoms with Crippen molar-refractivity contribution in [3.05, 3.63) is 16.5 Å². The van der Waals surface area contributed by atoms with Crippen molar-refractivity contribution in [1.29, 1.82) is 0 Å². The summed E-state index contributed by atoms with van der Waals surface area (Å²) in [5, 5.41) is 3.49. The lowest BCUT2D eigenvalue weighted by molar-refractivity contribution is 0.0539. The number of aromatic nitrogens is 2. The molecule has 1 N–H and O–H groups in total. The normalized spacial score (nSPS) is 23.9. The summed E-state index contributed by atoms with van der Waals surface area (Å²) in [6, 6.07) is 1.93. The van der Waals surface area contributed by atoms with Gasteiger partial charge in [-0.3, -0.25) is 0 Å². The minimum absolute atomic E-state index is 0.0183. The number of nitrogens with zero attached hydrogens (tertiary/aromatic N) is 2. The van der Waals surface area contributed by atoms with Crippen LogP contribution >= 0.6 is 15.9 Å². The molecule has 1 atom stereocenters. The maximum Gasteiger partial charge on any atom is 0.132 e. The highest BCUT2D eigenvalue weighted by atomic mass is 79.9. The molecule has 0 saturated carbocycles. The van der Waals surface area contributed by atoms with E-state index in [2.05, 4.69) is 45.1 Å². The first-order chi connectivity index (χ1) is 8.61. The molecule has 1 aromatic heterocycles. The van der Waals surface area contributed by atoms with Crippen molar-refractivity contribution in [3.63, 3.8) is 0 Å². The third kappa shape index (κ3) is 3.65. The Morgan fingerprint density at radius 2 is 2.33 bits per heavy atom. The van der Waals surface area contributed by atoms with Crippen LogP contribution in [-0.2, 0) is 11.2 Å². The van der Waals surface area contributed by atoms with Gasteiger partial charge in [0.05, 0.1) is 12.1 Å². The molecule has 1 aliphatic rings. The quantitative estimate of drug-likeness (QED) is 0.867. The number of anilines is 1. The molecule has 0 spiro atoms. The monoisotopic (exact) mass is 313 g/mol. The lowest BCUT2D eigenvalue weighted by atomic mass is 9.95. The molecule has 2 rings (SSSR count). The van der Waals surface area contributed by atoms with Crippen molar-refractivity contribution >= 4 is 21.7 Å². The van der Waals surface area contributed by atoms with Gasteiger partial charge in [-0.2, -0.15) is 0 Å². The molecule has 1 aromatic rings. The SMILES string of the molecule is CCCc1nc(Br)cc(NC2(C)CCCOC2)n1. The Morgan fingerprint density at radius 1 is 1.50 bits per heavy atom. The zero-order chi connectivity index (χ0) is 13.0. The highest BCUT2D eigenvalue weighted by Crippen LogP contribution is 2.24. The third-order valence-electron chi connectivity index (χ3n) is 3.08. The zero-order valence-corrected chi connectivity index (χ0v) is 12.6. The number of hydrogen-bond donors (Lipinski definition) is 1. The summed E-state index contributed by atoms with van der Waals surface area (Å²) < 4.78 is 6.38. The second kappa shape index (κ2) is 5.97. The topological polar surface area (TPSA) is 47.0 Å². The van der Waals surface area contributed by atoms with E-state index in [-0.39, 0.29) is 5.54 Å². The van der Waals surface area contributed by atoms with Crippen LogP contribution in [0.1, 0.15) is 38.9 Å². The second-order valence-corrected chi connectivity index (χ2v) is 5.90. The Balaban J connectivity index is 2.12. The molecule has 0 radical (unpaired) electrons. The average Bonchev–Trinajstić information content (AvgIpc) is 2.28. The van der Waals surface area contributed by atoms with Crippen molar-refractivity contribution in [2.75, 3.05) is 18.5 Å². The predicted octanol–water partition coefficient (Wildman–Crippen LogP) is 3.17. The molecule has 0 amide bonds. The molecule has 0 aliphatic carbocycles. The maximum atomic E-state index is 5.55. The highest BCUT2D eigenvalue weighted by molar-refractivity contribution is 9.10. The molecule has 0 aromatic carbocycles. The van der Waals surface area contributed by atoms with E-state index in [4.69, 9.17) is 4.74 Å². The van der Waals surface area contributed by atoms with Crippen LogP contribution in [0, 0.1) is 0 Å². The van der Waals surface area contributed by atoms with Crippen molar-refractivity contribution in [1.82, 2.24) is 9.97 Å². The number of ether oxygens (including phenoxy) is 1. The molecule has 1 aliphatic heterocycles. The Labute approximate surface area is 117 Å². The molecule has 18 heavy (non-hydrogen) atoms. The van der Waals surface area contributed by atoms with E-state index < -0.39 is 0 Å². The van der Waals surface area contributed by atoms with Crippen LogP contribution in [0.3, 0.4) is 0 Å². The number of rotatable bonds is 4. The lowest BCUT2D eigenvalue weighted by Crippen LogP contribution is -2.43. The Morgan fingerprint density at radius 3 is 3.00 bits per heavy atom. The van der Waals surface area contributed by atoms with E-state index in [1.54, 1.807) is 0 Å². The van der Waals surface area contributed by atoms with Crippen LogP contribution < -0.4 is 5.32 Å². The molecule has 100 valence electrons. The van der Waals surface area contributed by atoms with Crippen LogP contribution in [0.25, 0.3) is 0 Å². The van der Waals surface area contributed by atoms with E-state index in [1.165, 1.54) is 0 Å². The average molecular weight is 314 g/mol. The summed E-state index contributed by atoms with van der Waals surface area (Å²) in [6.07, 6.45) is 4.16. The molecular formula is C13H20BrN3O. The number of hydrogen-bond acceptors (Lipinski definition) is 4. The first-order valence-electron chi connectivity index (χ1n) is 6.51. The number of aryl methyl sites for hydroxylation is 1. The second-order valence-electron chi connectivity index (χ2n) is 5.08. The Hall–Kier alpha value is -0.680. The Kier molecular flexibility index (Phi) is 4.56. The van der Waals surface area contributed by atoms with Crippen molar-refractivity contribution in [3.8, 4) is 0 Å². The van der Waals surface area contributed by atoms with Gasteiger partial charge in [-0.1, -0.05) is 6.92 Å². The van der Waals surface area contributed by atoms with E-state index in [0.717, 1.165) is 55.1 Å². The lowest BCUT2D eigenvalue weighted by Gasteiger charge is -2.34. The van der Waals surface area contributed by atoms with Gasteiger partial charge in [0.25, 0.3) is 0 Å². The van der Waals surface area contributed by atoms with Gasteiger partial charge >= 0.3 is 0 Å². The largest absolute Gasteiger partial charge is 0.379 e. The third-order valence-corrected chi connectivity index (χ3v) is 3.49. The van der Waals surface area contributed by atoms with Crippen LogP contribution in [0.4, 0.5) is 5.82 Å². The van der Waals surface area contributed by atoms with Crippen molar-refractivity contribution < 1.29 is 4.74 Å². The van der Waals surface area contributed by atoms with Crippen LogP contribution in [0.5, 0.6) is 0 Å². The fourth-order valence-electron chi connectivity index (χ4n) is 2.21. The molecule has 1 saturated heterocycles. The molecule has 0 bridgehead atoms. The first kappa shape index (κ1) is 13.7. The maximum absolute atomic E-state index is 5.55. The first-order valence-corrected chi connectivity index (χ1v) is 7.30. The van der Waals surface area contributed by atoms with Gasteiger partial charge < -0.3 is 10.1 Å². The summed E-state index contributed by atoms with van der Waals surface area (Å²) in [4.78, 5) is 8.93. The predicted molar refractivity (Wildman–Crippen MR) is 75.8 cm³/mol. The Bertz CT molecular complexity index is 405. The van der Waals surface area contributed by atoms with E-state index in [1.807, 2.05) is 6.07 Å². The minimum atomic E-state index is -0.0183. The van der Waals surface area contributed by atoms with Crippen molar-refractivity contribution in [2.24, 2.45) is 0 Å². The fraction of sp³-hybridized carbons (Fsp3) is 0.692.